The average molecular weight is 265 g/mol. The molecule has 1 aromatic heterocycles. The van der Waals surface area contributed by atoms with Crippen molar-refractivity contribution in [3.8, 4) is 0 Å². The number of carbonyl (C=O) groups excluding carboxylic acids is 2. The third-order valence-corrected chi connectivity index (χ3v) is 2.14. The van der Waals surface area contributed by atoms with Crippen LogP contribution in [0.5, 0.6) is 0 Å². The van der Waals surface area contributed by atoms with Crippen molar-refractivity contribution in [1.82, 2.24) is 10.3 Å². The summed E-state index contributed by atoms with van der Waals surface area (Å²) in [4.78, 5) is 27.2. The Hall–Kier alpha value is -2.11. The zero-order valence-electron chi connectivity index (χ0n) is 11.6. The number of rotatable bonds is 4. The minimum absolute atomic E-state index is 0.0400. The highest BCUT2D eigenvalue weighted by atomic mass is 16.5. The Kier molecular flexibility index (Phi) is 4.86. The van der Waals surface area contributed by atoms with Gasteiger partial charge in [0.1, 0.15) is 11.4 Å². The number of nitrogens with one attached hydrogen (secondary N) is 2. The van der Waals surface area contributed by atoms with Crippen LogP contribution in [0, 0.1) is 0 Å². The molecule has 1 amide bonds. The van der Waals surface area contributed by atoms with Gasteiger partial charge in [-0.1, -0.05) is 0 Å². The second kappa shape index (κ2) is 6.17. The first-order chi connectivity index (χ1) is 8.83. The van der Waals surface area contributed by atoms with Crippen molar-refractivity contribution in [1.29, 1.82) is 0 Å². The molecule has 0 aliphatic heterocycles. The van der Waals surface area contributed by atoms with Gasteiger partial charge < -0.3 is 15.4 Å². The highest BCUT2D eigenvalue weighted by molar-refractivity contribution is 5.95. The highest BCUT2D eigenvalue weighted by Gasteiger charge is 2.16. The summed E-state index contributed by atoms with van der Waals surface area (Å²) in [6.45, 7) is 5.72. The molecule has 1 aromatic rings. The molecule has 1 heterocycles. The first kappa shape index (κ1) is 14.9. The summed E-state index contributed by atoms with van der Waals surface area (Å²) in [6, 6.07) is 3.22. The van der Waals surface area contributed by atoms with Gasteiger partial charge in [0, 0.05) is 11.7 Å². The van der Waals surface area contributed by atoms with Gasteiger partial charge in [0.05, 0.1) is 13.7 Å². The largest absolute Gasteiger partial charge is 0.465 e. The van der Waals surface area contributed by atoms with Crippen molar-refractivity contribution >= 4 is 17.7 Å². The molecule has 1 rings (SSSR count). The molecule has 0 saturated heterocycles. The number of anilines is 1. The van der Waals surface area contributed by atoms with Gasteiger partial charge in [0.2, 0.25) is 5.91 Å². The Morgan fingerprint density at radius 3 is 2.63 bits per heavy atom. The van der Waals surface area contributed by atoms with E-state index in [1.54, 1.807) is 12.1 Å². The molecule has 2 N–H and O–H groups in total. The van der Waals surface area contributed by atoms with Gasteiger partial charge in [0.25, 0.3) is 0 Å². The predicted octanol–water partition coefficient (Wildman–Crippen LogP) is 1.19. The third kappa shape index (κ3) is 4.95. The lowest BCUT2D eigenvalue weighted by Gasteiger charge is -2.20. The Balaban J connectivity index is 2.68. The van der Waals surface area contributed by atoms with E-state index in [-0.39, 0.29) is 18.0 Å². The Bertz CT molecular complexity index is 466. The summed E-state index contributed by atoms with van der Waals surface area (Å²) in [5.74, 6) is -0.334. The van der Waals surface area contributed by atoms with E-state index in [0.29, 0.717) is 11.4 Å². The SMILES string of the molecule is COC(=O)c1cccnc1NCC(=O)NC(C)(C)C. The van der Waals surface area contributed by atoms with Crippen molar-refractivity contribution in [2.45, 2.75) is 26.3 Å². The summed E-state index contributed by atoms with van der Waals surface area (Å²) in [5.41, 5.74) is 0.00203. The van der Waals surface area contributed by atoms with Crippen molar-refractivity contribution in [2.24, 2.45) is 0 Å². The first-order valence-electron chi connectivity index (χ1n) is 5.91. The molecule has 0 aliphatic rings. The molecule has 0 fully saturated rings. The molecule has 19 heavy (non-hydrogen) atoms. The molecule has 0 radical (unpaired) electrons. The van der Waals surface area contributed by atoms with Crippen LogP contribution in [0.3, 0.4) is 0 Å². The Morgan fingerprint density at radius 2 is 2.05 bits per heavy atom. The second-order valence-electron chi connectivity index (χ2n) is 5.04. The van der Waals surface area contributed by atoms with Crippen LogP contribution in [0.4, 0.5) is 5.82 Å². The third-order valence-electron chi connectivity index (χ3n) is 2.14. The maximum atomic E-state index is 11.7. The first-order valence-corrected chi connectivity index (χ1v) is 5.91. The van der Waals surface area contributed by atoms with Crippen LogP contribution in [0.1, 0.15) is 31.1 Å². The van der Waals surface area contributed by atoms with E-state index in [0.717, 1.165) is 0 Å². The molecule has 0 spiro atoms. The lowest BCUT2D eigenvalue weighted by Crippen LogP contribution is -2.43. The molecule has 6 heteroatoms. The van der Waals surface area contributed by atoms with Gasteiger partial charge in [-0.25, -0.2) is 9.78 Å². The highest BCUT2D eigenvalue weighted by Crippen LogP contribution is 2.12. The normalized spacial score (nSPS) is 10.7. The van der Waals surface area contributed by atoms with Crippen molar-refractivity contribution < 1.29 is 14.3 Å². The molecule has 104 valence electrons. The molecule has 0 aromatic carbocycles. The van der Waals surface area contributed by atoms with Crippen molar-refractivity contribution in [3.63, 3.8) is 0 Å². The lowest BCUT2D eigenvalue weighted by atomic mass is 10.1. The second-order valence-corrected chi connectivity index (χ2v) is 5.04. The van der Waals surface area contributed by atoms with Gasteiger partial charge in [0.15, 0.2) is 0 Å². The maximum Gasteiger partial charge on any atom is 0.341 e. The van der Waals surface area contributed by atoms with Crippen LogP contribution in [0.25, 0.3) is 0 Å². The van der Waals surface area contributed by atoms with Crippen LogP contribution in [0.2, 0.25) is 0 Å². The van der Waals surface area contributed by atoms with Gasteiger partial charge >= 0.3 is 5.97 Å². The fourth-order valence-corrected chi connectivity index (χ4v) is 1.45. The molecule has 6 nitrogen and oxygen atoms in total. The van der Waals surface area contributed by atoms with Crippen LogP contribution in [-0.2, 0) is 9.53 Å². The predicted molar refractivity (Wildman–Crippen MR) is 72.0 cm³/mol. The standard InChI is InChI=1S/C13H19N3O3/c1-13(2,3)16-10(17)8-15-11-9(12(18)19-4)6-5-7-14-11/h5-7H,8H2,1-4H3,(H,14,15)(H,16,17). The van der Waals surface area contributed by atoms with Crippen LogP contribution in [0.15, 0.2) is 18.3 Å². The molecular formula is C13H19N3O3. The summed E-state index contributed by atoms with van der Waals surface area (Å²) >= 11 is 0. The van der Waals surface area contributed by atoms with Crippen LogP contribution >= 0.6 is 0 Å². The average Bonchev–Trinajstić information content (AvgIpc) is 2.33. The van der Waals surface area contributed by atoms with Gasteiger partial charge in [-0.05, 0) is 32.9 Å². The van der Waals surface area contributed by atoms with Crippen molar-refractivity contribution in [3.05, 3.63) is 23.9 Å². The number of ether oxygens (including phenoxy) is 1. The van der Waals surface area contributed by atoms with E-state index in [1.807, 2.05) is 20.8 Å². The van der Waals surface area contributed by atoms with E-state index >= 15 is 0 Å². The van der Waals surface area contributed by atoms with E-state index in [4.69, 9.17) is 0 Å². The minimum Gasteiger partial charge on any atom is -0.465 e. The lowest BCUT2D eigenvalue weighted by molar-refractivity contribution is -0.120. The zero-order valence-corrected chi connectivity index (χ0v) is 11.6. The number of amides is 1. The number of nitrogens with zero attached hydrogens (tertiary/aromatic N) is 1. The molecule has 0 saturated carbocycles. The maximum absolute atomic E-state index is 11.7. The number of pyridine rings is 1. The van der Waals surface area contributed by atoms with E-state index in [9.17, 15) is 9.59 Å². The number of carbonyl (C=O) groups is 2. The summed E-state index contributed by atoms with van der Waals surface area (Å²) < 4.78 is 4.64. The van der Waals surface area contributed by atoms with E-state index in [2.05, 4.69) is 20.4 Å². The van der Waals surface area contributed by atoms with E-state index in [1.165, 1.54) is 13.3 Å². The van der Waals surface area contributed by atoms with E-state index < -0.39 is 5.97 Å². The monoisotopic (exact) mass is 265 g/mol. The fourth-order valence-electron chi connectivity index (χ4n) is 1.45. The van der Waals surface area contributed by atoms with Gasteiger partial charge in [-0.2, -0.15) is 0 Å². The van der Waals surface area contributed by atoms with Gasteiger partial charge in [-0.3, -0.25) is 4.79 Å². The molecule has 0 bridgehead atoms. The summed E-state index contributed by atoms with van der Waals surface area (Å²) in [5, 5.41) is 5.63. The number of aromatic nitrogens is 1. The van der Waals surface area contributed by atoms with Crippen LogP contribution in [-0.4, -0.2) is 36.1 Å². The summed E-state index contributed by atoms with van der Waals surface area (Å²) in [7, 11) is 1.30. The van der Waals surface area contributed by atoms with Crippen molar-refractivity contribution in [2.75, 3.05) is 19.0 Å². The quantitative estimate of drug-likeness (QED) is 0.799. The Labute approximate surface area is 112 Å². The zero-order chi connectivity index (χ0) is 14.5. The molecule has 0 atom stereocenters. The minimum atomic E-state index is -0.494. The number of methoxy groups -OCH3 is 1. The molecule has 0 aliphatic carbocycles. The number of esters is 1. The smallest absolute Gasteiger partial charge is 0.341 e. The van der Waals surface area contributed by atoms with Crippen LogP contribution < -0.4 is 10.6 Å². The number of hydrogen-bond acceptors (Lipinski definition) is 5. The summed E-state index contributed by atoms with van der Waals surface area (Å²) in [6.07, 6.45) is 1.54. The number of hydrogen-bond donors (Lipinski definition) is 2. The van der Waals surface area contributed by atoms with Gasteiger partial charge in [-0.15, -0.1) is 0 Å². The molecule has 0 unspecified atom stereocenters. The Morgan fingerprint density at radius 1 is 1.37 bits per heavy atom. The fraction of sp³-hybridized carbons (Fsp3) is 0.462. The molecular weight excluding hydrogens is 246 g/mol. The topological polar surface area (TPSA) is 80.3 Å².